The Labute approximate surface area is 128 Å². The van der Waals surface area contributed by atoms with Crippen LogP contribution in [0.15, 0.2) is 48.5 Å². The van der Waals surface area contributed by atoms with Crippen LogP contribution in [0, 0.1) is 0 Å². The maximum atomic E-state index is 3.58. The van der Waals surface area contributed by atoms with Gasteiger partial charge in [-0.3, -0.25) is 0 Å². The van der Waals surface area contributed by atoms with Crippen LogP contribution in [-0.4, -0.2) is 6.04 Å². The van der Waals surface area contributed by atoms with Gasteiger partial charge in [0.05, 0.1) is 0 Å². The first-order valence-corrected chi connectivity index (χ1v) is 7.96. The molecule has 0 bridgehead atoms. The van der Waals surface area contributed by atoms with E-state index in [1.54, 1.807) is 0 Å². The monoisotopic (exact) mass is 279 g/mol. The Hall–Kier alpha value is -1.60. The highest BCUT2D eigenvalue weighted by Crippen LogP contribution is 2.27. The highest BCUT2D eigenvalue weighted by molar-refractivity contribution is 5.64. The van der Waals surface area contributed by atoms with Crippen LogP contribution in [0.3, 0.4) is 0 Å². The summed E-state index contributed by atoms with van der Waals surface area (Å²) in [6.07, 6.45) is 2.68. The van der Waals surface area contributed by atoms with E-state index in [0.29, 0.717) is 0 Å². The fourth-order valence-corrected chi connectivity index (χ4v) is 2.57. The lowest BCUT2D eigenvalue weighted by molar-refractivity contribution is 0.590. The fourth-order valence-electron chi connectivity index (χ4n) is 2.57. The minimum absolute atomic E-state index is 0.217. The molecule has 1 fully saturated rings. The van der Waals surface area contributed by atoms with Crippen molar-refractivity contribution in [2.75, 3.05) is 0 Å². The molecule has 1 N–H and O–H groups in total. The third-order valence-corrected chi connectivity index (χ3v) is 4.18. The summed E-state index contributed by atoms with van der Waals surface area (Å²) >= 11 is 0. The zero-order valence-corrected chi connectivity index (χ0v) is 13.3. The molecule has 1 nitrogen and oxygen atoms in total. The van der Waals surface area contributed by atoms with Gasteiger partial charge in [-0.25, -0.2) is 0 Å². The first-order valence-electron chi connectivity index (χ1n) is 7.96. The lowest BCUT2D eigenvalue weighted by Gasteiger charge is -2.19. The molecule has 2 aromatic carbocycles. The minimum Gasteiger partial charge on any atom is -0.310 e. The van der Waals surface area contributed by atoms with Gasteiger partial charge in [0, 0.05) is 12.6 Å². The molecule has 0 amide bonds. The third kappa shape index (κ3) is 3.74. The van der Waals surface area contributed by atoms with Gasteiger partial charge < -0.3 is 5.32 Å². The molecule has 2 aromatic rings. The molecule has 1 saturated carbocycles. The van der Waals surface area contributed by atoms with Crippen molar-refractivity contribution in [2.45, 2.75) is 51.6 Å². The van der Waals surface area contributed by atoms with Crippen LogP contribution in [-0.2, 0) is 12.0 Å². The predicted octanol–water partition coefficient (Wildman–Crippen LogP) is 4.90. The van der Waals surface area contributed by atoms with Crippen molar-refractivity contribution in [2.24, 2.45) is 0 Å². The molecule has 0 heterocycles. The van der Waals surface area contributed by atoms with Crippen LogP contribution in [0.5, 0.6) is 0 Å². The molecule has 21 heavy (non-hydrogen) atoms. The molecular formula is C20H25N. The van der Waals surface area contributed by atoms with Crippen LogP contribution in [0.4, 0.5) is 0 Å². The largest absolute Gasteiger partial charge is 0.310 e. The molecule has 1 heteroatoms. The van der Waals surface area contributed by atoms with E-state index in [9.17, 15) is 0 Å². The summed E-state index contributed by atoms with van der Waals surface area (Å²) in [5, 5.41) is 3.58. The smallest absolute Gasteiger partial charge is 0.0208 e. The summed E-state index contributed by atoms with van der Waals surface area (Å²) in [6, 6.07) is 18.6. The molecular weight excluding hydrogens is 254 g/mol. The summed E-state index contributed by atoms with van der Waals surface area (Å²) in [4.78, 5) is 0. The molecule has 1 aliphatic carbocycles. The Balaban J connectivity index is 1.77. The Bertz CT molecular complexity index is 600. The summed E-state index contributed by atoms with van der Waals surface area (Å²) in [5.74, 6) is 0. The quantitative estimate of drug-likeness (QED) is 0.839. The molecule has 1 aliphatic rings. The Morgan fingerprint density at radius 3 is 2.29 bits per heavy atom. The molecule has 0 radical (unpaired) electrons. The lowest BCUT2D eigenvalue weighted by atomic mass is 9.86. The summed E-state index contributed by atoms with van der Waals surface area (Å²) < 4.78 is 0. The van der Waals surface area contributed by atoms with Crippen molar-refractivity contribution >= 4 is 0 Å². The summed E-state index contributed by atoms with van der Waals surface area (Å²) in [6.45, 7) is 7.75. The van der Waals surface area contributed by atoms with Gasteiger partial charge in [-0.15, -0.1) is 0 Å². The third-order valence-electron chi connectivity index (χ3n) is 4.18. The van der Waals surface area contributed by atoms with E-state index >= 15 is 0 Å². The molecule has 110 valence electrons. The van der Waals surface area contributed by atoms with Crippen LogP contribution in [0.2, 0.25) is 0 Å². The molecule has 0 spiro atoms. The van der Waals surface area contributed by atoms with Gasteiger partial charge >= 0.3 is 0 Å². The normalized spacial score (nSPS) is 15.2. The lowest BCUT2D eigenvalue weighted by Crippen LogP contribution is -2.15. The van der Waals surface area contributed by atoms with Gasteiger partial charge in [-0.2, -0.15) is 0 Å². The summed E-state index contributed by atoms with van der Waals surface area (Å²) in [7, 11) is 0. The Morgan fingerprint density at radius 1 is 0.952 bits per heavy atom. The standard InChI is InChI=1S/C20H25N/c1-20(2,3)18-9-7-16(8-10-18)17-6-4-5-15(13-17)14-21-19-11-12-19/h4-10,13,19,21H,11-12,14H2,1-3H3. The van der Waals surface area contributed by atoms with E-state index in [-0.39, 0.29) is 5.41 Å². The van der Waals surface area contributed by atoms with Crippen LogP contribution in [0.25, 0.3) is 11.1 Å². The van der Waals surface area contributed by atoms with E-state index < -0.39 is 0 Å². The highest BCUT2D eigenvalue weighted by atomic mass is 14.9. The van der Waals surface area contributed by atoms with E-state index in [4.69, 9.17) is 0 Å². The van der Waals surface area contributed by atoms with Gasteiger partial charge in [0.1, 0.15) is 0 Å². The van der Waals surface area contributed by atoms with Gasteiger partial charge in [0.2, 0.25) is 0 Å². The molecule has 0 saturated heterocycles. The zero-order chi connectivity index (χ0) is 14.9. The number of nitrogens with one attached hydrogen (secondary N) is 1. The van der Waals surface area contributed by atoms with Crippen molar-refractivity contribution in [1.82, 2.24) is 5.32 Å². The first kappa shape index (κ1) is 14.3. The van der Waals surface area contributed by atoms with E-state index in [1.807, 2.05) is 0 Å². The average molecular weight is 279 g/mol. The maximum absolute atomic E-state index is 3.58. The molecule has 0 unspecified atom stereocenters. The van der Waals surface area contributed by atoms with E-state index in [0.717, 1.165) is 12.6 Å². The first-order chi connectivity index (χ1) is 10.0. The summed E-state index contributed by atoms with van der Waals surface area (Å²) in [5.41, 5.74) is 5.59. The average Bonchev–Trinajstić information content (AvgIpc) is 3.29. The minimum atomic E-state index is 0.217. The second-order valence-corrected chi connectivity index (χ2v) is 7.18. The molecule has 0 aromatic heterocycles. The SMILES string of the molecule is CC(C)(C)c1ccc(-c2cccc(CNC3CC3)c2)cc1. The van der Waals surface area contributed by atoms with Crippen molar-refractivity contribution in [1.29, 1.82) is 0 Å². The van der Waals surface area contributed by atoms with Gasteiger partial charge in [0.25, 0.3) is 0 Å². The van der Waals surface area contributed by atoms with Crippen molar-refractivity contribution in [3.8, 4) is 11.1 Å². The van der Waals surface area contributed by atoms with Crippen LogP contribution in [0.1, 0.15) is 44.7 Å². The molecule has 0 atom stereocenters. The second kappa shape index (κ2) is 5.65. The molecule has 3 rings (SSSR count). The number of rotatable bonds is 4. The molecule has 0 aliphatic heterocycles. The van der Waals surface area contributed by atoms with Gasteiger partial charge in [-0.05, 0) is 46.6 Å². The van der Waals surface area contributed by atoms with E-state index in [2.05, 4.69) is 74.6 Å². The van der Waals surface area contributed by atoms with Crippen molar-refractivity contribution < 1.29 is 0 Å². The number of hydrogen-bond donors (Lipinski definition) is 1. The maximum Gasteiger partial charge on any atom is 0.0208 e. The second-order valence-electron chi connectivity index (χ2n) is 7.18. The van der Waals surface area contributed by atoms with Crippen molar-refractivity contribution in [3.05, 3.63) is 59.7 Å². The van der Waals surface area contributed by atoms with Gasteiger partial charge in [-0.1, -0.05) is 63.2 Å². The van der Waals surface area contributed by atoms with Crippen LogP contribution < -0.4 is 5.32 Å². The van der Waals surface area contributed by atoms with Gasteiger partial charge in [0.15, 0.2) is 0 Å². The Morgan fingerprint density at radius 2 is 1.67 bits per heavy atom. The predicted molar refractivity (Wildman–Crippen MR) is 90.4 cm³/mol. The van der Waals surface area contributed by atoms with Crippen LogP contribution >= 0.6 is 0 Å². The topological polar surface area (TPSA) is 12.0 Å². The Kier molecular flexibility index (Phi) is 3.86. The zero-order valence-electron chi connectivity index (χ0n) is 13.3. The van der Waals surface area contributed by atoms with E-state index in [1.165, 1.54) is 35.1 Å². The highest BCUT2D eigenvalue weighted by Gasteiger charge is 2.19. The fraction of sp³-hybridized carbons (Fsp3) is 0.400. The van der Waals surface area contributed by atoms with Crippen molar-refractivity contribution in [3.63, 3.8) is 0 Å². The number of benzene rings is 2. The number of hydrogen-bond acceptors (Lipinski definition) is 1.